The Morgan fingerprint density at radius 1 is 1.30 bits per heavy atom. The van der Waals surface area contributed by atoms with Crippen LogP contribution < -0.4 is 0 Å². The van der Waals surface area contributed by atoms with Crippen molar-refractivity contribution in [2.75, 3.05) is 13.2 Å². The van der Waals surface area contributed by atoms with Gasteiger partial charge in [-0.2, -0.15) is 0 Å². The topological polar surface area (TPSA) is 29.5 Å². The largest absolute Gasteiger partial charge is 0.377 e. The maximum Gasteiger partial charge on any atom is 0.223 e. The van der Waals surface area contributed by atoms with Gasteiger partial charge in [-0.05, 0) is 38.3 Å². The lowest BCUT2D eigenvalue weighted by molar-refractivity contribution is -0.144. The summed E-state index contributed by atoms with van der Waals surface area (Å²) in [4.78, 5) is 14.2. The Labute approximate surface area is 119 Å². The Bertz CT molecular complexity index is 454. The molecule has 1 saturated heterocycles. The Kier molecular flexibility index (Phi) is 5.12. The van der Waals surface area contributed by atoms with E-state index in [0.717, 1.165) is 0 Å². The fraction of sp³-hybridized carbons (Fsp3) is 0.562. The highest BCUT2D eigenvalue weighted by molar-refractivity contribution is 5.77. The summed E-state index contributed by atoms with van der Waals surface area (Å²) in [5.74, 6) is -0.0438. The van der Waals surface area contributed by atoms with Crippen LogP contribution in [0.25, 0.3) is 0 Å². The van der Waals surface area contributed by atoms with Crippen LogP contribution >= 0.6 is 0 Å². The van der Waals surface area contributed by atoms with E-state index in [2.05, 4.69) is 0 Å². The number of nitrogens with zero attached hydrogens (tertiary/aromatic N) is 1. The number of morpholine rings is 1. The van der Waals surface area contributed by atoms with E-state index < -0.39 is 0 Å². The number of rotatable bonds is 4. The quantitative estimate of drug-likeness (QED) is 0.848. The molecule has 1 fully saturated rings. The minimum absolute atomic E-state index is 0.125. The van der Waals surface area contributed by atoms with Gasteiger partial charge >= 0.3 is 0 Å². The number of benzene rings is 1. The molecule has 4 heteroatoms. The van der Waals surface area contributed by atoms with Gasteiger partial charge in [0.1, 0.15) is 5.82 Å². The number of carbonyl (C=O) groups excluding carboxylic acids is 1. The average molecular weight is 279 g/mol. The smallest absolute Gasteiger partial charge is 0.223 e. The minimum atomic E-state index is -0.187. The fourth-order valence-electron chi connectivity index (χ4n) is 2.76. The molecule has 1 amide bonds. The van der Waals surface area contributed by atoms with E-state index in [0.29, 0.717) is 38.0 Å². The van der Waals surface area contributed by atoms with Crippen molar-refractivity contribution in [2.45, 2.75) is 45.2 Å². The van der Waals surface area contributed by atoms with Crippen molar-refractivity contribution in [2.24, 2.45) is 0 Å². The molecule has 0 aliphatic carbocycles. The van der Waals surface area contributed by atoms with E-state index in [1.54, 1.807) is 12.1 Å². The molecule has 1 aromatic carbocycles. The second kappa shape index (κ2) is 6.84. The summed E-state index contributed by atoms with van der Waals surface area (Å²) in [6.45, 7) is 5.21. The van der Waals surface area contributed by atoms with Crippen molar-refractivity contribution < 1.29 is 13.9 Å². The lowest BCUT2D eigenvalue weighted by atomic mass is 10.1. The molecule has 110 valence electrons. The lowest BCUT2D eigenvalue weighted by Crippen LogP contribution is -2.52. The third-order valence-corrected chi connectivity index (χ3v) is 3.75. The van der Waals surface area contributed by atoms with E-state index in [1.165, 1.54) is 6.07 Å². The third kappa shape index (κ3) is 3.57. The van der Waals surface area contributed by atoms with Gasteiger partial charge in [0.2, 0.25) is 5.91 Å². The van der Waals surface area contributed by atoms with Crippen LogP contribution in [0, 0.1) is 5.82 Å². The van der Waals surface area contributed by atoms with E-state index in [-0.39, 0.29) is 23.8 Å². The summed E-state index contributed by atoms with van der Waals surface area (Å²) < 4.78 is 18.9. The van der Waals surface area contributed by atoms with Crippen molar-refractivity contribution >= 4 is 5.91 Å². The second-order valence-corrected chi connectivity index (χ2v) is 5.48. The van der Waals surface area contributed by atoms with E-state index in [9.17, 15) is 9.18 Å². The van der Waals surface area contributed by atoms with Gasteiger partial charge in [-0.25, -0.2) is 4.39 Å². The van der Waals surface area contributed by atoms with Gasteiger partial charge in [0, 0.05) is 6.42 Å². The van der Waals surface area contributed by atoms with Gasteiger partial charge < -0.3 is 9.64 Å². The zero-order valence-electron chi connectivity index (χ0n) is 12.1. The SMILES string of the molecule is CC1COCC(C)N1C(=O)CCCc1ccccc1F. The number of halogens is 1. The first-order valence-electron chi connectivity index (χ1n) is 7.22. The Morgan fingerprint density at radius 3 is 2.60 bits per heavy atom. The van der Waals surface area contributed by atoms with Crippen LogP contribution in [-0.4, -0.2) is 36.1 Å². The van der Waals surface area contributed by atoms with Gasteiger partial charge in [0.15, 0.2) is 0 Å². The summed E-state index contributed by atoms with van der Waals surface area (Å²) in [5, 5.41) is 0. The highest BCUT2D eigenvalue weighted by atomic mass is 19.1. The lowest BCUT2D eigenvalue weighted by Gasteiger charge is -2.38. The monoisotopic (exact) mass is 279 g/mol. The predicted octanol–water partition coefficient (Wildman–Crippen LogP) is 2.78. The number of hydrogen-bond donors (Lipinski definition) is 0. The van der Waals surface area contributed by atoms with Crippen molar-refractivity contribution in [1.82, 2.24) is 4.90 Å². The molecular weight excluding hydrogens is 257 g/mol. The van der Waals surface area contributed by atoms with Crippen LogP contribution in [0.3, 0.4) is 0 Å². The molecule has 0 radical (unpaired) electrons. The molecule has 0 spiro atoms. The van der Waals surface area contributed by atoms with Gasteiger partial charge in [-0.15, -0.1) is 0 Å². The minimum Gasteiger partial charge on any atom is -0.377 e. The molecule has 2 atom stereocenters. The van der Waals surface area contributed by atoms with E-state index in [1.807, 2.05) is 24.8 Å². The van der Waals surface area contributed by atoms with Gasteiger partial charge in [0.05, 0.1) is 25.3 Å². The van der Waals surface area contributed by atoms with Gasteiger partial charge in [0.25, 0.3) is 0 Å². The van der Waals surface area contributed by atoms with Crippen LogP contribution in [0.15, 0.2) is 24.3 Å². The summed E-state index contributed by atoms with van der Waals surface area (Å²) >= 11 is 0. The average Bonchev–Trinajstić information content (AvgIpc) is 2.41. The number of aryl methyl sites for hydroxylation is 1. The fourth-order valence-corrected chi connectivity index (χ4v) is 2.76. The summed E-state index contributed by atoms with van der Waals surface area (Å²) in [5.41, 5.74) is 0.684. The van der Waals surface area contributed by atoms with Crippen molar-refractivity contribution in [3.63, 3.8) is 0 Å². The summed E-state index contributed by atoms with van der Waals surface area (Å²) in [6.07, 6.45) is 1.74. The highest BCUT2D eigenvalue weighted by Gasteiger charge is 2.28. The molecule has 2 unspecified atom stereocenters. The summed E-state index contributed by atoms with van der Waals surface area (Å²) in [6, 6.07) is 7.00. The number of hydrogen-bond acceptors (Lipinski definition) is 2. The van der Waals surface area contributed by atoms with E-state index in [4.69, 9.17) is 4.74 Å². The van der Waals surface area contributed by atoms with Crippen LogP contribution in [0.2, 0.25) is 0 Å². The van der Waals surface area contributed by atoms with E-state index >= 15 is 0 Å². The first-order chi connectivity index (χ1) is 9.59. The molecule has 2 rings (SSSR count). The first-order valence-corrected chi connectivity index (χ1v) is 7.22. The molecule has 1 heterocycles. The molecule has 20 heavy (non-hydrogen) atoms. The van der Waals surface area contributed by atoms with Crippen LogP contribution in [-0.2, 0) is 16.0 Å². The van der Waals surface area contributed by atoms with Crippen LogP contribution in [0.4, 0.5) is 4.39 Å². The Morgan fingerprint density at radius 2 is 1.95 bits per heavy atom. The maximum atomic E-state index is 13.5. The molecule has 1 aliphatic rings. The maximum absolute atomic E-state index is 13.5. The van der Waals surface area contributed by atoms with Crippen molar-refractivity contribution in [3.05, 3.63) is 35.6 Å². The van der Waals surface area contributed by atoms with Crippen LogP contribution in [0.5, 0.6) is 0 Å². The molecule has 3 nitrogen and oxygen atoms in total. The molecule has 0 N–H and O–H groups in total. The number of amides is 1. The van der Waals surface area contributed by atoms with Gasteiger partial charge in [-0.3, -0.25) is 4.79 Å². The van der Waals surface area contributed by atoms with Crippen molar-refractivity contribution in [1.29, 1.82) is 0 Å². The summed E-state index contributed by atoms with van der Waals surface area (Å²) in [7, 11) is 0. The van der Waals surface area contributed by atoms with Crippen molar-refractivity contribution in [3.8, 4) is 0 Å². The standard InChI is InChI=1S/C16H22FNO2/c1-12-10-20-11-13(2)18(12)16(19)9-5-7-14-6-3-4-8-15(14)17/h3-4,6,8,12-13H,5,7,9-11H2,1-2H3. The molecule has 1 aromatic rings. The highest BCUT2D eigenvalue weighted by Crippen LogP contribution is 2.16. The molecule has 0 bridgehead atoms. The molecular formula is C16H22FNO2. The Hall–Kier alpha value is -1.42. The molecule has 0 saturated carbocycles. The molecule has 1 aliphatic heterocycles. The second-order valence-electron chi connectivity index (χ2n) is 5.48. The zero-order chi connectivity index (χ0) is 14.5. The third-order valence-electron chi connectivity index (χ3n) is 3.75. The zero-order valence-corrected chi connectivity index (χ0v) is 12.1. The Balaban J connectivity index is 1.84. The van der Waals surface area contributed by atoms with Gasteiger partial charge in [-0.1, -0.05) is 18.2 Å². The van der Waals surface area contributed by atoms with Crippen LogP contribution in [0.1, 0.15) is 32.3 Å². The number of ether oxygens (including phenoxy) is 1. The predicted molar refractivity (Wildman–Crippen MR) is 75.9 cm³/mol. The number of carbonyl (C=O) groups is 1. The first kappa shape index (κ1) is 15.0. The molecule has 0 aromatic heterocycles. The normalized spacial score (nSPS) is 22.9.